The predicted octanol–water partition coefficient (Wildman–Crippen LogP) is 1.26. The molecule has 1 aromatic heterocycles. The lowest BCUT2D eigenvalue weighted by molar-refractivity contribution is -0.136. The number of nitrogens with zero attached hydrogens (tertiary/aromatic N) is 1. The standard InChI is InChI=1S/C9H11ClN2O4S/c1-5-7(3-4-8(10)11-5)12-17(15,16)6(2)9(13)14/h3-4,6,12H,1-2H3,(H,13,14). The molecule has 8 heteroatoms. The van der Waals surface area contributed by atoms with E-state index in [-0.39, 0.29) is 10.8 Å². The number of nitrogens with one attached hydrogen (secondary N) is 1. The Morgan fingerprint density at radius 1 is 1.53 bits per heavy atom. The van der Waals surface area contributed by atoms with E-state index in [1.807, 2.05) is 0 Å². The highest BCUT2D eigenvalue weighted by Crippen LogP contribution is 2.18. The summed E-state index contributed by atoms with van der Waals surface area (Å²) in [6.45, 7) is 2.65. The van der Waals surface area contributed by atoms with Crippen LogP contribution in [0.4, 0.5) is 5.69 Å². The summed E-state index contributed by atoms with van der Waals surface area (Å²) >= 11 is 5.62. The molecule has 0 radical (unpaired) electrons. The van der Waals surface area contributed by atoms with Crippen LogP contribution in [-0.2, 0) is 14.8 Å². The third-order valence-corrected chi connectivity index (χ3v) is 3.96. The van der Waals surface area contributed by atoms with Crippen molar-refractivity contribution in [1.82, 2.24) is 4.98 Å². The zero-order valence-electron chi connectivity index (χ0n) is 9.14. The van der Waals surface area contributed by atoms with Gasteiger partial charge >= 0.3 is 5.97 Å². The summed E-state index contributed by atoms with van der Waals surface area (Å²) in [7, 11) is -3.98. The first-order chi connectivity index (χ1) is 7.74. The highest BCUT2D eigenvalue weighted by molar-refractivity contribution is 7.94. The summed E-state index contributed by atoms with van der Waals surface area (Å²) in [5.74, 6) is -1.42. The van der Waals surface area contributed by atoms with Crippen molar-refractivity contribution in [3.05, 3.63) is 23.0 Å². The van der Waals surface area contributed by atoms with E-state index in [1.54, 1.807) is 6.92 Å². The van der Waals surface area contributed by atoms with Crippen molar-refractivity contribution in [2.75, 3.05) is 4.72 Å². The average Bonchev–Trinajstić information content (AvgIpc) is 2.21. The van der Waals surface area contributed by atoms with Gasteiger partial charge in [0.25, 0.3) is 0 Å². The molecule has 1 unspecified atom stereocenters. The third kappa shape index (κ3) is 3.31. The fraction of sp³-hybridized carbons (Fsp3) is 0.333. The van der Waals surface area contributed by atoms with Crippen LogP contribution in [0.5, 0.6) is 0 Å². The van der Waals surface area contributed by atoms with Gasteiger partial charge in [-0.1, -0.05) is 11.6 Å². The molecule has 0 aliphatic rings. The smallest absolute Gasteiger partial charge is 0.323 e. The van der Waals surface area contributed by atoms with Gasteiger partial charge in [0, 0.05) is 0 Å². The molecule has 94 valence electrons. The number of aromatic nitrogens is 1. The van der Waals surface area contributed by atoms with E-state index in [0.29, 0.717) is 5.69 Å². The van der Waals surface area contributed by atoms with E-state index in [2.05, 4.69) is 9.71 Å². The molecular formula is C9H11ClN2O4S. The summed E-state index contributed by atoms with van der Waals surface area (Å²) in [6.07, 6.45) is 0. The second-order valence-electron chi connectivity index (χ2n) is 3.39. The number of hydrogen-bond donors (Lipinski definition) is 2. The number of rotatable bonds is 4. The minimum atomic E-state index is -3.98. The summed E-state index contributed by atoms with van der Waals surface area (Å²) in [5.41, 5.74) is 0.584. The lowest BCUT2D eigenvalue weighted by Gasteiger charge is -2.12. The Morgan fingerprint density at radius 2 is 2.12 bits per heavy atom. The van der Waals surface area contributed by atoms with Crippen LogP contribution in [0.2, 0.25) is 5.15 Å². The van der Waals surface area contributed by atoms with E-state index in [1.165, 1.54) is 12.1 Å². The van der Waals surface area contributed by atoms with Gasteiger partial charge < -0.3 is 5.11 Å². The molecule has 17 heavy (non-hydrogen) atoms. The zero-order chi connectivity index (χ0) is 13.2. The average molecular weight is 279 g/mol. The van der Waals surface area contributed by atoms with Crippen LogP contribution >= 0.6 is 11.6 Å². The number of aryl methyl sites for hydroxylation is 1. The number of sulfonamides is 1. The topological polar surface area (TPSA) is 96.4 Å². The summed E-state index contributed by atoms with van der Waals surface area (Å²) in [4.78, 5) is 14.5. The van der Waals surface area contributed by atoms with Crippen LogP contribution in [0.25, 0.3) is 0 Å². The Kier molecular flexibility index (Phi) is 3.94. The largest absolute Gasteiger partial charge is 0.480 e. The maximum Gasteiger partial charge on any atom is 0.323 e. The monoisotopic (exact) mass is 278 g/mol. The van der Waals surface area contributed by atoms with Gasteiger partial charge in [0.1, 0.15) is 5.15 Å². The van der Waals surface area contributed by atoms with Crippen molar-refractivity contribution in [3.8, 4) is 0 Å². The molecule has 6 nitrogen and oxygen atoms in total. The van der Waals surface area contributed by atoms with E-state index in [4.69, 9.17) is 16.7 Å². The normalized spacial score (nSPS) is 13.1. The van der Waals surface area contributed by atoms with E-state index in [0.717, 1.165) is 6.92 Å². The fourth-order valence-electron chi connectivity index (χ4n) is 1.01. The Bertz CT molecular complexity index is 544. The van der Waals surface area contributed by atoms with Gasteiger partial charge in [-0.2, -0.15) is 0 Å². The zero-order valence-corrected chi connectivity index (χ0v) is 10.7. The SMILES string of the molecule is Cc1nc(Cl)ccc1NS(=O)(=O)C(C)C(=O)O. The minimum Gasteiger partial charge on any atom is -0.480 e. The second-order valence-corrected chi connectivity index (χ2v) is 5.78. The molecule has 0 spiro atoms. The number of hydrogen-bond acceptors (Lipinski definition) is 4. The summed E-state index contributed by atoms with van der Waals surface area (Å²) in [5, 5.41) is 7.34. The van der Waals surface area contributed by atoms with Gasteiger partial charge in [-0.25, -0.2) is 13.4 Å². The second kappa shape index (κ2) is 4.89. The van der Waals surface area contributed by atoms with Crippen molar-refractivity contribution in [1.29, 1.82) is 0 Å². The molecule has 0 fully saturated rings. The Morgan fingerprint density at radius 3 is 2.59 bits per heavy atom. The first-order valence-electron chi connectivity index (χ1n) is 4.61. The van der Waals surface area contributed by atoms with Crippen molar-refractivity contribution in [2.24, 2.45) is 0 Å². The van der Waals surface area contributed by atoms with E-state index < -0.39 is 21.2 Å². The van der Waals surface area contributed by atoms with Gasteiger partial charge in [0.2, 0.25) is 10.0 Å². The number of halogens is 1. The molecule has 0 amide bonds. The predicted molar refractivity (Wildman–Crippen MR) is 63.6 cm³/mol. The lowest BCUT2D eigenvalue weighted by atomic mass is 10.3. The number of carbonyl (C=O) groups is 1. The molecule has 0 aliphatic carbocycles. The highest BCUT2D eigenvalue weighted by atomic mass is 35.5. The van der Waals surface area contributed by atoms with Crippen LogP contribution in [0, 0.1) is 6.92 Å². The maximum absolute atomic E-state index is 11.6. The van der Waals surface area contributed by atoms with Crippen molar-refractivity contribution >= 4 is 33.3 Å². The van der Waals surface area contributed by atoms with Crippen molar-refractivity contribution in [2.45, 2.75) is 19.1 Å². The Hall–Kier alpha value is -1.34. The third-order valence-electron chi connectivity index (χ3n) is 2.12. The van der Waals surface area contributed by atoms with Crippen LogP contribution in [0.3, 0.4) is 0 Å². The molecule has 1 aromatic rings. The van der Waals surface area contributed by atoms with Crippen LogP contribution < -0.4 is 4.72 Å². The quantitative estimate of drug-likeness (QED) is 0.808. The molecular weight excluding hydrogens is 268 g/mol. The Balaban J connectivity index is 3.02. The molecule has 0 saturated carbocycles. The van der Waals surface area contributed by atoms with Crippen molar-refractivity contribution in [3.63, 3.8) is 0 Å². The number of anilines is 1. The maximum atomic E-state index is 11.6. The minimum absolute atomic E-state index is 0.211. The molecule has 1 atom stereocenters. The molecule has 1 rings (SSSR count). The first-order valence-corrected chi connectivity index (χ1v) is 6.54. The van der Waals surface area contributed by atoms with Gasteiger partial charge in [0.05, 0.1) is 11.4 Å². The van der Waals surface area contributed by atoms with Gasteiger partial charge in [0.15, 0.2) is 5.25 Å². The summed E-state index contributed by atoms with van der Waals surface area (Å²) < 4.78 is 25.4. The lowest BCUT2D eigenvalue weighted by Crippen LogP contribution is -2.32. The Labute approximate surface area is 104 Å². The van der Waals surface area contributed by atoms with E-state index >= 15 is 0 Å². The first kappa shape index (κ1) is 13.7. The number of aliphatic carboxylic acids is 1. The van der Waals surface area contributed by atoms with E-state index in [9.17, 15) is 13.2 Å². The number of carboxylic acid groups (broad SMARTS) is 1. The van der Waals surface area contributed by atoms with Crippen LogP contribution in [0.1, 0.15) is 12.6 Å². The molecule has 1 heterocycles. The van der Waals surface area contributed by atoms with Crippen LogP contribution in [-0.4, -0.2) is 29.7 Å². The number of pyridine rings is 1. The molecule has 0 bridgehead atoms. The highest BCUT2D eigenvalue weighted by Gasteiger charge is 2.28. The summed E-state index contributed by atoms with van der Waals surface area (Å²) in [6, 6.07) is 2.84. The van der Waals surface area contributed by atoms with Gasteiger partial charge in [-0.3, -0.25) is 9.52 Å². The molecule has 0 aliphatic heterocycles. The van der Waals surface area contributed by atoms with Gasteiger partial charge in [-0.15, -0.1) is 0 Å². The molecule has 2 N–H and O–H groups in total. The molecule has 0 saturated heterocycles. The van der Waals surface area contributed by atoms with Crippen LogP contribution in [0.15, 0.2) is 12.1 Å². The molecule has 0 aromatic carbocycles. The fourth-order valence-corrected chi connectivity index (χ4v) is 2.17. The number of carboxylic acids is 1. The van der Waals surface area contributed by atoms with Gasteiger partial charge in [-0.05, 0) is 26.0 Å². The van der Waals surface area contributed by atoms with Crippen molar-refractivity contribution < 1.29 is 18.3 Å².